The quantitative estimate of drug-likeness (QED) is 0.409. The maximum absolute atomic E-state index is 10.8. The van der Waals surface area contributed by atoms with Gasteiger partial charge in [-0.2, -0.15) is 9.32 Å². The van der Waals surface area contributed by atoms with Gasteiger partial charge in [-0.15, -0.1) is 5.11 Å². The molecule has 7 heteroatoms. The van der Waals surface area contributed by atoms with Crippen LogP contribution in [0.15, 0.2) is 64.8 Å². The molecule has 122 valence electrons. The minimum Gasteiger partial charge on any atom is -0.397 e. The van der Waals surface area contributed by atoms with Gasteiger partial charge in [0.15, 0.2) is 0 Å². The molecule has 0 fully saturated rings. The molecule has 0 bridgehead atoms. The van der Waals surface area contributed by atoms with Crippen molar-refractivity contribution in [2.24, 2.45) is 10.2 Å². The molecule has 0 amide bonds. The Morgan fingerprint density at radius 1 is 1.04 bits per heavy atom. The number of nitrogens with two attached hydrogens (primary N) is 1. The highest BCUT2D eigenvalue weighted by Crippen LogP contribution is 2.33. The summed E-state index contributed by atoms with van der Waals surface area (Å²) in [5.74, 6) is 0.204. The van der Waals surface area contributed by atoms with Crippen LogP contribution in [0.25, 0.3) is 10.8 Å². The zero-order valence-electron chi connectivity index (χ0n) is 12.8. The van der Waals surface area contributed by atoms with Crippen molar-refractivity contribution in [1.29, 1.82) is 0 Å². The monoisotopic (exact) mass is 341 g/mol. The van der Waals surface area contributed by atoms with E-state index in [9.17, 15) is 4.21 Å². The third kappa shape index (κ3) is 3.58. The molecule has 0 spiro atoms. The molecule has 0 saturated heterocycles. The highest BCUT2D eigenvalue weighted by molar-refractivity contribution is 7.74. The molecule has 3 aromatic rings. The van der Waals surface area contributed by atoms with E-state index in [0.717, 1.165) is 10.8 Å². The van der Waals surface area contributed by atoms with Gasteiger partial charge in [0, 0.05) is 6.07 Å². The highest BCUT2D eigenvalue weighted by atomic mass is 32.2. The van der Waals surface area contributed by atoms with Crippen LogP contribution < -0.4 is 9.92 Å². The van der Waals surface area contributed by atoms with Crippen LogP contribution >= 0.6 is 0 Å². The van der Waals surface area contributed by atoms with Crippen LogP contribution in [0.1, 0.15) is 5.56 Å². The summed E-state index contributed by atoms with van der Waals surface area (Å²) in [7, 11) is 0. The van der Waals surface area contributed by atoms with E-state index in [1.54, 1.807) is 13.0 Å². The minimum atomic E-state index is -2.41. The minimum absolute atomic E-state index is 0.204. The average Bonchev–Trinajstić information content (AvgIpc) is 2.56. The zero-order valence-corrected chi connectivity index (χ0v) is 13.7. The summed E-state index contributed by atoms with van der Waals surface area (Å²) in [5, 5.41) is 10.5. The van der Waals surface area contributed by atoms with Gasteiger partial charge in [-0.1, -0.05) is 30.3 Å². The molecule has 3 N–H and O–H groups in total. The lowest BCUT2D eigenvalue weighted by Crippen LogP contribution is -1.99. The van der Waals surface area contributed by atoms with E-state index in [1.165, 1.54) is 6.07 Å². The summed E-state index contributed by atoms with van der Waals surface area (Å²) in [5.41, 5.74) is 8.18. The van der Waals surface area contributed by atoms with Gasteiger partial charge in [-0.3, -0.25) is 4.55 Å². The fraction of sp³-hybridized carbons (Fsp3) is 0.0588. The Morgan fingerprint density at radius 2 is 1.79 bits per heavy atom. The SMILES string of the molecule is Cc1cc(OS(=O)O)cc(N=Nc2ccc3ccccc3c2)c1N. The van der Waals surface area contributed by atoms with Crippen LogP contribution in [0, 0.1) is 6.92 Å². The third-order valence-electron chi connectivity index (χ3n) is 3.51. The van der Waals surface area contributed by atoms with Gasteiger partial charge in [-0.25, -0.2) is 0 Å². The molecule has 0 aromatic heterocycles. The first kappa shape index (κ1) is 16.1. The lowest BCUT2D eigenvalue weighted by Gasteiger charge is -2.07. The normalized spacial score (nSPS) is 12.6. The van der Waals surface area contributed by atoms with Crippen molar-refractivity contribution in [1.82, 2.24) is 0 Å². The Balaban J connectivity index is 1.94. The van der Waals surface area contributed by atoms with Crippen molar-refractivity contribution in [3.8, 4) is 5.75 Å². The molecule has 0 aliphatic carbocycles. The predicted octanol–water partition coefficient (Wildman–Crippen LogP) is 4.66. The second-order valence-electron chi connectivity index (χ2n) is 5.20. The van der Waals surface area contributed by atoms with Gasteiger partial charge >= 0.3 is 11.4 Å². The molecule has 0 radical (unpaired) electrons. The Morgan fingerprint density at radius 3 is 2.54 bits per heavy atom. The number of nitrogens with zero attached hydrogens (tertiary/aromatic N) is 2. The van der Waals surface area contributed by atoms with Crippen molar-refractivity contribution in [2.75, 3.05) is 5.73 Å². The first-order chi connectivity index (χ1) is 11.5. The van der Waals surface area contributed by atoms with Gasteiger partial charge in [0.25, 0.3) is 0 Å². The van der Waals surface area contributed by atoms with Crippen LogP contribution in [0.5, 0.6) is 5.75 Å². The number of azo groups is 1. The van der Waals surface area contributed by atoms with Crippen molar-refractivity contribution in [3.63, 3.8) is 0 Å². The molecule has 0 aliphatic rings. The van der Waals surface area contributed by atoms with Crippen LogP contribution in [0.3, 0.4) is 0 Å². The number of hydrogen-bond acceptors (Lipinski definition) is 5. The number of aryl methyl sites for hydroxylation is 1. The topological polar surface area (TPSA) is 97.3 Å². The first-order valence-electron chi connectivity index (χ1n) is 7.13. The molecule has 0 saturated carbocycles. The van der Waals surface area contributed by atoms with Gasteiger partial charge in [0.2, 0.25) is 0 Å². The van der Waals surface area contributed by atoms with Crippen molar-refractivity contribution in [3.05, 3.63) is 60.2 Å². The Bertz CT molecular complexity index is 957. The summed E-state index contributed by atoms with van der Waals surface area (Å²) in [6, 6.07) is 16.7. The third-order valence-corrected chi connectivity index (χ3v) is 3.85. The van der Waals surface area contributed by atoms with Gasteiger partial charge in [0.1, 0.15) is 11.4 Å². The van der Waals surface area contributed by atoms with Crippen LogP contribution in [-0.4, -0.2) is 8.76 Å². The molecule has 24 heavy (non-hydrogen) atoms. The fourth-order valence-corrected chi connectivity index (χ4v) is 2.57. The van der Waals surface area contributed by atoms with Gasteiger partial charge in [0.05, 0.1) is 11.4 Å². The fourth-order valence-electron chi connectivity index (χ4n) is 2.31. The summed E-state index contributed by atoms with van der Waals surface area (Å²) in [6.45, 7) is 1.76. The van der Waals surface area contributed by atoms with Crippen molar-refractivity contribution >= 4 is 39.2 Å². The van der Waals surface area contributed by atoms with E-state index in [4.69, 9.17) is 14.5 Å². The molecule has 1 unspecified atom stereocenters. The predicted molar refractivity (Wildman–Crippen MR) is 95.1 cm³/mol. The number of hydrogen-bond donors (Lipinski definition) is 2. The lowest BCUT2D eigenvalue weighted by molar-refractivity contribution is 0.458. The molecule has 6 nitrogen and oxygen atoms in total. The molecular weight excluding hydrogens is 326 g/mol. The Kier molecular flexibility index (Phi) is 4.54. The van der Waals surface area contributed by atoms with E-state index in [0.29, 0.717) is 22.6 Å². The highest BCUT2D eigenvalue weighted by Gasteiger charge is 2.08. The standard InChI is InChI=1S/C17H15N3O3S/c1-11-8-15(23-24(21)22)10-16(17(11)18)20-19-14-7-6-12-4-2-3-5-13(12)9-14/h2-10H,18H2,1H3,(H,21,22). The molecule has 0 heterocycles. The van der Waals surface area contributed by atoms with Gasteiger partial charge in [-0.05, 0) is 41.5 Å². The second kappa shape index (κ2) is 6.77. The number of nitrogen functional groups attached to an aromatic ring is 1. The van der Waals surface area contributed by atoms with E-state index in [2.05, 4.69) is 10.2 Å². The zero-order chi connectivity index (χ0) is 17.1. The largest absolute Gasteiger partial charge is 0.397 e. The van der Waals surface area contributed by atoms with Crippen molar-refractivity contribution in [2.45, 2.75) is 6.92 Å². The molecule has 3 aromatic carbocycles. The summed E-state index contributed by atoms with van der Waals surface area (Å²) in [4.78, 5) is 0. The first-order valence-corrected chi connectivity index (χ1v) is 8.16. The lowest BCUT2D eigenvalue weighted by atomic mass is 10.1. The number of fused-ring (bicyclic) bond motifs is 1. The van der Waals surface area contributed by atoms with Crippen molar-refractivity contribution < 1.29 is 12.9 Å². The molecule has 0 aliphatic heterocycles. The van der Waals surface area contributed by atoms with Crippen LogP contribution in [0.2, 0.25) is 0 Å². The van der Waals surface area contributed by atoms with E-state index >= 15 is 0 Å². The molecule has 3 rings (SSSR count). The number of anilines is 1. The number of rotatable bonds is 4. The Hall–Kier alpha value is -2.77. The smallest absolute Gasteiger partial charge is 0.357 e. The molecular formula is C17H15N3O3S. The van der Waals surface area contributed by atoms with Crippen LogP contribution in [0.4, 0.5) is 17.1 Å². The number of benzene rings is 3. The van der Waals surface area contributed by atoms with E-state index in [-0.39, 0.29) is 5.75 Å². The summed E-state index contributed by atoms with van der Waals surface area (Å²) < 4.78 is 24.4. The maximum Gasteiger partial charge on any atom is 0.357 e. The van der Waals surface area contributed by atoms with Gasteiger partial charge < -0.3 is 9.92 Å². The Labute approximate surface area is 141 Å². The molecule has 1 atom stereocenters. The maximum atomic E-state index is 10.8. The van der Waals surface area contributed by atoms with E-state index in [1.807, 2.05) is 42.5 Å². The summed E-state index contributed by atoms with van der Waals surface area (Å²) >= 11 is -2.41. The second-order valence-corrected chi connectivity index (χ2v) is 5.81. The summed E-state index contributed by atoms with van der Waals surface area (Å²) in [6.07, 6.45) is 0. The average molecular weight is 341 g/mol. The van der Waals surface area contributed by atoms with Crippen LogP contribution in [-0.2, 0) is 11.4 Å². The van der Waals surface area contributed by atoms with E-state index < -0.39 is 11.4 Å².